The third kappa shape index (κ3) is 4.65. The van der Waals surface area contributed by atoms with E-state index in [1.54, 1.807) is 28.8 Å². The Hall–Kier alpha value is -3.55. The van der Waals surface area contributed by atoms with Gasteiger partial charge in [-0.15, -0.1) is 0 Å². The number of halogens is 1. The van der Waals surface area contributed by atoms with Crippen LogP contribution in [0, 0.1) is 5.82 Å². The first kappa shape index (κ1) is 21.3. The number of hydrogen-bond donors (Lipinski definition) is 0. The Balaban J connectivity index is 1.28. The van der Waals surface area contributed by atoms with Crippen molar-refractivity contribution in [2.24, 2.45) is 0 Å². The molecule has 1 aliphatic heterocycles. The predicted molar refractivity (Wildman–Crippen MR) is 124 cm³/mol. The number of piperazine rings is 1. The lowest BCUT2D eigenvalue weighted by atomic mass is 10.0. The first-order valence-corrected chi connectivity index (χ1v) is 11.0. The standard InChI is InChI=1S/C26H24FN3O3/c27-22-8-4-7-20(15-22)25(31)21-9-10-23-24(16-21)33-26(32)30(23)18-29-13-11-28(12-14-29)17-19-5-2-1-3-6-19/h1-10,15-16H,11-14,17-18H2. The van der Waals surface area contributed by atoms with Crippen molar-refractivity contribution in [3.8, 4) is 0 Å². The van der Waals surface area contributed by atoms with E-state index < -0.39 is 11.6 Å². The highest BCUT2D eigenvalue weighted by Crippen LogP contribution is 2.19. The van der Waals surface area contributed by atoms with Crippen molar-refractivity contribution in [3.63, 3.8) is 0 Å². The van der Waals surface area contributed by atoms with Crippen LogP contribution in [0.1, 0.15) is 21.5 Å². The zero-order chi connectivity index (χ0) is 22.8. The molecule has 6 nitrogen and oxygen atoms in total. The zero-order valence-electron chi connectivity index (χ0n) is 18.1. The Kier molecular flexibility index (Phi) is 5.90. The van der Waals surface area contributed by atoms with E-state index in [1.165, 1.54) is 23.8 Å². The summed E-state index contributed by atoms with van der Waals surface area (Å²) in [6.07, 6.45) is 0. The average molecular weight is 445 g/mol. The molecule has 0 amide bonds. The van der Waals surface area contributed by atoms with Crippen LogP contribution in [0.3, 0.4) is 0 Å². The Morgan fingerprint density at radius 1 is 0.848 bits per heavy atom. The van der Waals surface area contributed by atoms with Gasteiger partial charge in [-0.3, -0.25) is 19.2 Å². The molecule has 1 aliphatic rings. The van der Waals surface area contributed by atoms with Gasteiger partial charge in [-0.1, -0.05) is 42.5 Å². The lowest BCUT2D eigenvalue weighted by molar-refractivity contribution is 0.102. The quantitative estimate of drug-likeness (QED) is 0.423. The summed E-state index contributed by atoms with van der Waals surface area (Å²) in [7, 11) is 0. The van der Waals surface area contributed by atoms with E-state index in [0.29, 0.717) is 23.3 Å². The summed E-state index contributed by atoms with van der Waals surface area (Å²) in [5, 5.41) is 0. The molecule has 4 aromatic rings. The fraction of sp³-hybridized carbons (Fsp3) is 0.231. The summed E-state index contributed by atoms with van der Waals surface area (Å²) < 4.78 is 20.5. The highest BCUT2D eigenvalue weighted by molar-refractivity contribution is 6.10. The van der Waals surface area contributed by atoms with Crippen LogP contribution in [0.5, 0.6) is 0 Å². The van der Waals surface area contributed by atoms with Gasteiger partial charge in [0.1, 0.15) is 5.82 Å². The van der Waals surface area contributed by atoms with Crippen LogP contribution in [0.2, 0.25) is 0 Å². The van der Waals surface area contributed by atoms with Gasteiger partial charge in [0, 0.05) is 43.9 Å². The Labute approximate surface area is 190 Å². The van der Waals surface area contributed by atoms with Gasteiger partial charge in [0.05, 0.1) is 12.2 Å². The number of fused-ring (bicyclic) bond motifs is 1. The van der Waals surface area contributed by atoms with Crippen LogP contribution in [-0.2, 0) is 13.2 Å². The van der Waals surface area contributed by atoms with Gasteiger partial charge in [-0.2, -0.15) is 0 Å². The summed E-state index contributed by atoms with van der Waals surface area (Å²) in [4.78, 5) is 29.9. The van der Waals surface area contributed by atoms with Gasteiger partial charge in [0.2, 0.25) is 0 Å². The van der Waals surface area contributed by atoms with Crippen molar-refractivity contribution in [2.45, 2.75) is 13.2 Å². The molecule has 0 bridgehead atoms. The van der Waals surface area contributed by atoms with Gasteiger partial charge in [0.15, 0.2) is 11.4 Å². The van der Waals surface area contributed by atoms with Gasteiger partial charge >= 0.3 is 5.76 Å². The summed E-state index contributed by atoms with van der Waals surface area (Å²) >= 11 is 0. The molecule has 0 N–H and O–H groups in total. The van der Waals surface area contributed by atoms with Crippen molar-refractivity contribution in [1.29, 1.82) is 0 Å². The topological polar surface area (TPSA) is 58.7 Å². The maximum Gasteiger partial charge on any atom is 0.421 e. The van der Waals surface area contributed by atoms with Gasteiger partial charge in [-0.25, -0.2) is 9.18 Å². The molecular weight excluding hydrogens is 421 g/mol. The van der Waals surface area contributed by atoms with Gasteiger partial charge < -0.3 is 4.42 Å². The van der Waals surface area contributed by atoms with E-state index in [4.69, 9.17) is 4.42 Å². The van der Waals surface area contributed by atoms with E-state index in [-0.39, 0.29) is 11.3 Å². The van der Waals surface area contributed by atoms with Crippen LogP contribution >= 0.6 is 0 Å². The number of nitrogens with zero attached hydrogens (tertiary/aromatic N) is 3. The highest BCUT2D eigenvalue weighted by Gasteiger charge is 2.20. The van der Waals surface area contributed by atoms with E-state index in [9.17, 15) is 14.0 Å². The van der Waals surface area contributed by atoms with E-state index >= 15 is 0 Å². The average Bonchev–Trinajstić information content (AvgIpc) is 3.14. The van der Waals surface area contributed by atoms with Crippen molar-refractivity contribution in [2.75, 3.05) is 26.2 Å². The normalized spacial score (nSPS) is 15.2. The van der Waals surface area contributed by atoms with Crippen molar-refractivity contribution < 1.29 is 13.6 Å². The van der Waals surface area contributed by atoms with Crippen molar-refractivity contribution in [3.05, 3.63) is 106 Å². The number of aromatic nitrogens is 1. The molecule has 0 unspecified atom stereocenters. The summed E-state index contributed by atoms with van der Waals surface area (Å²) in [6, 6.07) is 20.9. The lowest BCUT2D eigenvalue weighted by Crippen LogP contribution is -2.47. The molecule has 0 aliphatic carbocycles. The molecule has 7 heteroatoms. The third-order valence-corrected chi connectivity index (χ3v) is 6.07. The first-order valence-electron chi connectivity index (χ1n) is 11.0. The summed E-state index contributed by atoms with van der Waals surface area (Å²) in [6.45, 7) is 4.90. The zero-order valence-corrected chi connectivity index (χ0v) is 18.1. The second-order valence-electron chi connectivity index (χ2n) is 8.34. The molecule has 0 radical (unpaired) electrons. The molecule has 3 aromatic carbocycles. The molecular formula is C26H24FN3O3. The fourth-order valence-electron chi connectivity index (χ4n) is 4.27. The predicted octanol–water partition coefficient (Wildman–Crippen LogP) is 3.74. The molecule has 5 rings (SSSR count). The maximum absolute atomic E-state index is 13.5. The Bertz CT molecular complexity index is 1340. The van der Waals surface area contributed by atoms with Gasteiger partial charge in [0.25, 0.3) is 0 Å². The minimum absolute atomic E-state index is 0.254. The number of benzene rings is 3. The SMILES string of the molecule is O=C(c1cccc(F)c1)c1ccc2c(c1)oc(=O)n2CN1CCN(Cc2ccccc2)CC1. The minimum atomic E-state index is -0.469. The van der Waals surface area contributed by atoms with E-state index in [2.05, 4.69) is 34.1 Å². The first-order chi connectivity index (χ1) is 16.1. The monoisotopic (exact) mass is 445 g/mol. The third-order valence-electron chi connectivity index (χ3n) is 6.07. The summed E-state index contributed by atoms with van der Waals surface area (Å²) in [5.41, 5.74) is 2.90. The summed E-state index contributed by atoms with van der Waals surface area (Å²) in [5.74, 6) is -1.24. The van der Waals surface area contributed by atoms with Crippen molar-refractivity contribution in [1.82, 2.24) is 14.4 Å². The largest absolute Gasteiger partial charge is 0.421 e. The van der Waals surface area contributed by atoms with E-state index in [1.807, 2.05) is 6.07 Å². The van der Waals surface area contributed by atoms with E-state index in [0.717, 1.165) is 32.7 Å². The molecule has 1 fully saturated rings. The van der Waals surface area contributed by atoms with Crippen LogP contribution in [0.15, 0.2) is 82.0 Å². The molecule has 0 saturated carbocycles. The van der Waals surface area contributed by atoms with Crippen LogP contribution in [-0.4, -0.2) is 46.3 Å². The lowest BCUT2D eigenvalue weighted by Gasteiger charge is -2.34. The Morgan fingerprint density at radius 3 is 2.33 bits per heavy atom. The number of carbonyl (C=O) groups excluding carboxylic acids is 1. The number of ketones is 1. The van der Waals surface area contributed by atoms with Crippen LogP contribution in [0.4, 0.5) is 4.39 Å². The molecule has 33 heavy (non-hydrogen) atoms. The molecule has 1 aromatic heterocycles. The number of carbonyl (C=O) groups is 1. The molecule has 2 heterocycles. The second kappa shape index (κ2) is 9.13. The molecule has 1 saturated heterocycles. The van der Waals surface area contributed by atoms with Gasteiger partial charge in [-0.05, 0) is 35.9 Å². The number of hydrogen-bond acceptors (Lipinski definition) is 5. The fourth-order valence-corrected chi connectivity index (χ4v) is 4.27. The molecule has 168 valence electrons. The smallest absolute Gasteiger partial charge is 0.408 e. The van der Waals surface area contributed by atoms with Crippen LogP contribution < -0.4 is 5.76 Å². The molecule has 0 atom stereocenters. The van der Waals surface area contributed by atoms with Crippen LogP contribution in [0.25, 0.3) is 11.1 Å². The molecule has 0 spiro atoms. The van der Waals surface area contributed by atoms with Crippen molar-refractivity contribution >= 4 is 16.9 Å². The number of oxazole rings is 1. The number of rotatable bonds is 6. The Morgan fingerprint density at radius 2 is 1.58 bits per heavy atom. The minimum Gasteiger partial charge on any atom is -0.408 e. The second-order valence-corrected chi connectivity index (χ2v) is 8.34. The maximum atomic E-state index is 13.5. The highest BCUT2D eigenvalue weighted by atomic mass is 19.1.